The lowest BCUT2D eigenvalue weighted by atomic mass is 9.33. The molecule has 23 atom stereocenters. The fourth-order valence-corrected chi connectivity index (χ4v) is 14.8. The molecule has 4 saturated carbocycles. The van der Waals surface area contributed by atoms with Crippen molar-refractivity contribution in [3.05, 3.63) is 11.6 Å². The second-order valence-electron chi connectivity index (χ2n) is 22.9. The van der Waals surface area contributed by atoms with E-state index in [1.807, 2.05) is 6.92 Å². The Balaban J connectivity index is 1.05. The number of aliphatic hydroxyl groups is 9. The molecule has 0 aromatic rings. The van der Waals surface area contributed by atoms with Gasteiger partial charge in [-0.25, -0.2) is 0 Å². The molecule has 3 saturated heterocycles. The summed E-state index contributed by atoms with van der Waals surface area (Å²) < 4.78 is 36.5. The highest BCUT2D eigenvalue weighted by molar-refractivity contribution is 5.76. The lowest BCUT2D eigenvalue weighted by molar-refractivity contribution is -0.381. The third-order valence-corrected chi connectivity index (χ3v) is 19.1. The van der Waals surface area contributed by atoms with Crippen LogP contribution in [0.25, 0.3) is 0 Å². The average Bonchev–Trinajstić information content (AvgIpc) is 3.24. The molecule has 0 spiro atoms. The Kier molecular flexibility index (Phi) is 13.2. The van der Waals surface area contributed by atoms with Crippen LogP contribution in [0.15, 0.2) is 11.6 Å². The van der Waals surface area contributed by atoms with Gasteiger partial charge in [0.05, 0.1) is 37.4 Å². The van der Waals surface area contributed by atoms with Gasteiger partial charge in [0, 0.05) is 5.41 Å². The summed E-state index contributed by atoms with van der Waals surface area (Å²) in [5.74, 6) is -0.441. The fraction of sp³-hybridized carbons (Fsp3) is 0.936. The number of ether oxygens (including phenoxy) is 6. The standard InChI is InChI=1S/C47H76O17/c1-22-30(50)33(53)35(55)38(60-22)64-37-32(52)26(62-39-36(56)34(54)31(51)25(19-48)61-39)20-59-40(37)63-29-11-12-43(4)27(44(29,5)21-49)10-13-46(7)28(43)9-8-23-24-18-42(2,3)14-16-47(24,41(57)58)17-15-45(23,46)6/h8,22,24-40,48-56H,9-21H2,1-7H3,(H,57,58)/t22?,24?,25?,26?,27?,28?,29-,30?,31?,32?,33?,34?,35?,36?,37?,38?,39?,40?,43-,44-,45+,46+,47-/m0/s1. The van der Waals surface area contributed by atoms with Gasteiger partial charge in [0.25, 0.3) is 0 Å². The van der Waals surface area contributed by atoms with Crippen LogP contribution in [0.2, 0.25) is 0 Å². The van der Waals surface area contributed by atoms with Crippen LogP contribution in [0.3, 0.4) is 0 Å². The monoisotopic (exact) mass is 913 g/mol. The SMILES string of the molecule is CC1OC(OC2C(O[C@H]3CC[C@@]4(C)C(CC[C@]5(C)C4CC=C4C6CC(C)(C)CC[C@]6(C(=O)O)CC[C@]45C)[C@]3(C)CO)OCC(OC3OC(CO)C(O)C(O)C3O)C2O)C(O)C(O)C1O. The highest BCUT2D eigenvalue weighted by Gasteiger charge is 2.70. The number of aliphatic carboxylic acids is 1. The first kappa shape index (κ1) is 49.0. The molecule has 0 aromatic heterocycles. The third kappa shape index (κ3) is 7.49. The molecule has 3 heterocycles. The highest BCUT2D eigenvalue weighted by atomic mass is 16.8. The van der Waals surface area contributed by atoms with Crippen molar-refractivity contribution in [3.63, 3.8) is 0 Å². The highest BCUT2D eigenvalue weighted by Crippen LogP contribution is 2.76. The molecule has 0 aromatic carbocycles. The molecule has 0 radical (unpaired) electrons. The first-order valence-electron chi connectivity index (χ1n) is 23.7. The van der Waals surface area contributed by atoms with Gasteiger partial charge < -0.3 is 79.5 Å². The van der Waals surface area contributed by atoms with Gasteiger partial charge in [0.2, 0.25) is 0 Å². The summed E-state index contributed by atoms with van der Waals surface area (Å²) in [6, 6.07) is 0. The quantitative estimate of drug-likeness (QED) is 0.116. The van der Waals surface area contributed by atoms with Crippen molar-refractivity contribution in [2.75, 3.05) is 19.8 Å². The number of aliphatic hydroxyl groups excluding tert-OH is 9. The summed E-state index contributed by atoms with van der Waals surface area (Å²) in [6.07, 6.45) is -11.7. The number of carbonyl (C=O) groups is 1. The van der Waals surface area contributed by atoms with E-state index in [4.69, 9.17) is 28.4 Å². The second kappa shape index (κ2) is 17.2. The van der Waals surface area contributed by atoms with Gasteiger partial charge in [0.1, 0.15) is 61.0 Å². The number of carboxylic acid groups (broad SMARTS) is 1. The van der Waals surface area contributed by atoms with Crippen molar-refractivity contribution in [1.29, 1.82) is 0 Å². The molecule has 0 bridgehead atoms. The fourth-order valence-electron chi connectivity index (χ4n) is 14.8. The summed E-state index contributed by atoms with van der Waals surface area (Å²) in [6.45, 7) is 14.0. The predicted octanol–water partition coefficient (Wildman–Crippen LogP) is 1.35. The Labute approximate surface area is 376 Å². The molecule has 7 fully saturated rings. The molecule has 3 aliphatic heterocycles. The minimum atomic E-state index is -1.77. The number of hydrogen-bond acceptors (Lipinski definition) is 16. The largest absolute Gasteiger partial charge is 0.481 e. The Morgan fingerprint density at radius 3 is 2.03 bits per heavy atom. The predicted molar refractivity (Wildman–Crippen MR) is 225 cm³/mol. The van der Waals surface area contributed by atoms with Crippen molar-refractivity contribution in [2.45, 2.75) is 205 Å². The van der Waals surface area contributed by atoms with Gasteiger partial charge in [-0.3, -0.25) is 4.79 Å². The zero-order chi connectivity index (χ0) is 46.7. The van der Waals surface area contributed by atoms with E-state index < -0.39 is 116 Å². The molecular weight excluding hydrogens is 837 g/mol. The van der Waals surface area contributed by atoms with Gasteiger partial charge in [-0.15, -0.1) is 0 Å². The van der Waals surface area contributed by atoms with Crippen LogP contribution in [0, 0.1) is 50.2 Å². The second-order valence-corrected chi connectivity index (χ2v) is 22.9. The molecule has 17 heteroatoms. The van der Waals surface area contributed by atoms with Crippen molar-refractivity contribution >= 4 is 5.97 Å². The molecule has 64 heavy (non-hydrogen) atoms. The van der Waals surface area contributed by atoms with E-state index in [0.717, 1.165) is 44.9 Å². The first-order chi connectivity index (χ1) is 29.9. The van der Waals surface area contributed by atoms with Crippen LogP contribution in [-0.2, 0) is 33.2 Å². The smallest absolute Gasteiger partial charge is 0.310 e. The molecule has 366 valence electrons. The Hall–Kier alpha value is -1.39. The summed E-state index contributed by atoms with van der Waals surface area (Å²) in [4.78, 5) is 13.1. The zero-order valence-electron chi connectivity index (χ0n) is 38.5. The van der Waals surface area contributed by atoms with E-state index in [-0.39, 0.29) is 52.6 Å². The molecule has 17 unspecified atom stereocenters. The average molecular weight is 913 g/mol. The van der Waals surface area contributed by atoms with Gasteiger partial charge in [0.15, 0.2) is 18.9 Å². The van der Waals surface area contributed by atoms with Crippen molar-refractivity contribution in [2.24, 2.45) is 50.2 Å². The minimum absolute atomic E-state index is 0.00757. The molecular formula is C47H76O17. The molecule has 10 N–H and O–H groups in total. The minimum Gasteiger partial charge on any atom is -0.481 e. The molecule has 8 aliphatic rings. The maximum atomic E-state index is 13.1. The van der Waals surface area contributed by atoms with E-state index in [2.05, 4.69) is 40.7 Å². The molecule has 17 nitrogen and oxygen atoms in total. The lowest BCUT2D eigenvalue weighted by Crippen LogP contribution is -2.67. The Morgan fingerprint density at radius 1 is 0.719 bits per heavy atom. The molecule has 8 rings (SSSR count). The summed E-state index contributed by atoms with van der Waals surface area (Å²) in [5.41, 5.74) is -0.704. The lowest BCUT2D eigenvalue weighted by Gasteiger charge is -2.71. The third-order valence-electron chi connectivity index (χ3n) is 19.1. The number of fused-ring (bicyclic) bond motifs is 7. The van der Waals surface area contributed by atoms with Gasteiger partial charge in [-0.05, 0) is 111 Å². The van der Waals surface area contributed by atoms with E-state index >= 15 is 0 Å². The van der Waals surface area contributed by atoms with Crippen LogP contribution in [0.4, 0.5) is 0 Å². The van der Waals surface area contributed by atoms with Crippen LogP contribution in [0.1, 0.15) is 113 Å². The Morgan fingerprint density at radius 2 is 1.38 bits per heavy atom. The van der Waals surface area contributed by atoms with Crippen LogP contribution in [-0.4, -0.2) is 169 Å². The van der Waals surface area contributed by atoms with Crippen molar-refractivity contribution < 1.29 is 84.3 Å². The first-order valence-corrected chi connectivity index (χ1v) is 23.7. The number of allylic oxidation sites excluding steroid dienone is 2. The normalized spacial score (nSPS) is 55.0. The van der Waals surface area contributed by atoms with Gasteiger partial charge in [-0.2, -0.15) is 0 Å². The number of carboxylic acids is 1. The zero-order valence-corrected chi connectivity index (χ0v) is 38.5. The maximum absolute atomic E-state index is 13.1. The van der Waals surface area contributed by atoms with Crippen molar-refractivity contribution in [3.8, 4) is 0 Å². The number of hydrogen-bond donors (Lipinski definition) is 10. The molecule has 0 amide bonds. The van der Waals surface area contributed by atoms with Crippen LogP contribution in [0.5, 0.6) is 0 Å². The summed E-state index contributed by atoms with van der Waals surface area (Å²) in [7, 11) is 0. The van der Waals surface area contributed by atoms with E-state index in [1.165, 1.54) is 12.5 Å². The van der Waals surface area contributed by atoms with Crippen LogP contribution < -0.4 is 0 Å². The van der Waals surface area contributed by atoms with E-state index in [9.17, 15) is 55.9 Å². The Bertz CT molecular complexity index is 1750. The maximum Gasteiger partial charge on any atom is 0.310 e. The molecule has 5 aliphatic carbocycles. The topological polar surface area (TPSA) is 275 Å². The van der Waals surface area contributed by atoms with E-state index in [1.54, 1.807) is 0 Å². The van der Waals surface area contributed by atoms with Crippen molar-refractivity contribution in [1.82, 2.24) is 0 Å². The van der Waals surface area contributed by atoms with Gasteiger partial charge >= 0.3 is 5.97 Å². The summed E-state index contributed by atoms with van der Waals surface area (Å²) >= 11 is 0. The van der Waals surface area contributed by atoms with E-state index in [0.29, 0.717) is 19.3 Å². The van der Waals surface area contributed by atoms with Crippen LogP contribution >= 0.6 is 0 Å². The van der Waals surface area contributed by atoms with Gasteiger partial charge in [-0.1, -0.05) is 53.2 Å². The summed E-state index contributed by atoms with van der Waals surface area (Å²) in [5, 5.41) is 108. The number of rotatable bonds is 9.